The van der Waals surface area contributed by atoms with Crippen molar-refractivity contribution >= 4 is 5.91 Å². The van der Waals surface area contributed by atoms with Crippen molar-refractivity contribution in [3.8, 4) is 0 Å². The SMILES string of the molecule is C[C@@H]1CCCN(CC(=O)NCc2ccco2)C1. The molecule has 1 aromatic rings. The number of nitrogens with one attached hydrogen (secondary N) is 1. The summed E-state index contributed by atoms with van der Waals surface area (Å²) in [6.07, 6.45) is 4.10. The van der Waals surface area contributed by atoms with Gasteiger partial charge in [0.05, 0.1) is 19.4 Å². The molecule has 0 aliphatic carbocycles. The third-order valence-electron chi connectivity index (χ3n) is 3.15. The first-order chi connectivity index (χ1) is 8.24. The van der Waals surface area contributed by atoms with Gasteiger partial charge in [-0.2, -0.15) is 0 Å². The molecule has 1 aliphatic heterocycles. The van der Waals surface area contributed by atoms with Gasteiger partial charge in [0.1, 0.15) is 5.76 Å². The van der Waals surface area contributed by atoms with Crippen molar-refractivity contribution in [3.05, 3.63) is 24.2 Å². The van der Waals surface area contributed by atoms with Crippen LogP contribution in [0.2, 0.25) is 0 Å². The number of hydrogen-bond donors (Lipinski definition) is 1. The second-order valence-corrected chi connectivity index (χ2v) is 4.84. The van der Waals surface area contributed by atoms with Gasteiger partial charge in [0.25, 0.3) is 0 Å². The summed E-state index contributed by atoms with van der Waals surface area (Å²) in [6.45, 7) is 5.31. The average molecular weight is 236 g/mol. The highest BCUT2D eigenvalue weighted by atomic mass is 16.3. The zero-order valence-corrected chi connectivity index (χ0v) is 10.3. The molecule has 2 heterocycles. The number of carbonyl (C=O) groups excluding carboxylic acids is 1. The first-order valence-electron chi connectivity index (χ1n) is 6.25. The lowest BCUT2D eigenvalue weighted by Crippen LogP contribution is -2.41. The van der Waals surface area contributed by atoms with Crippen molar-refractivity contribution in [1.29, 1.82) is 0 Å². The van der Waals surface area contributed by atoms with Gasteiger partial charge in [0.15, 0.2) is 0 Å². The lowest BCUT2D eigenvalue weighted by Gasteiger charge is -2.30. The van der Waals surface area contributed by atoms with E-state index in [2.05, 4.69) is 17.1 Å². The van der Waals surface area contributed by atoms with Crippen LogP contribution in [-0.2, 0) is 11.3 Å². The molecule has 1 amide bonds. The zero-order chi connectivity index (χ0) is 12.1. The number of nitrogens with zero attached hydrogens (tertiary/aromatic N) is 1. The van der Waals surface area contributed by atoms with Crippen LogP contribution in [0, 0.1) is 5.92 Å². The maximum absolute atomic E-state index is 11.7. The van der Waals surface area contributed by atoms with Crippen LogP contribution >= 0.6 is 0 Å². The molecule has 0 aromatic carbocycles. The Kier molecular flexibility index (Phi) is 4.20. The second-order valence-electron chi connectivity index (χ2n) is 4.84. The third-order valence-corrected chi connectivity index (χ3v) is 3.15. The number of furan rings is 1. The van der Waals surface area contributed by atoms with Gasteiger partial charge < -0.3 is 9.73 Å². The summed E-state index contributed by atoms with van der Waals surface area (Å²) in [7, 11) is 0. The molecule has 1 fully saturated rings. The fraction of sp³-hybridized carbons (Fsp3) is 0.615. The predicted octanol–water partition coefficient (Wildman–Crippen LogP) is 1.63. The minimum absolute atomic E-state index is 0.0792. The van der Waals surface area contributed by atoms with Crippen LogP contribution in [0.1, 0.15) is 25.5 Å². The largest absolute Gasteiger partial charge is 0.467 e. The Morgan fingerprint density at radius 3 is 3.24 bits per heavy atom. The Morgan fingerprint density at radius 2 is 2.53 bits per heavy atom. The molecule has 1 N–H and O–H groups in total. The van der Waals surface area contributed by atoms with Crippen molar-refractivity contribution in [1.82, 2.24) is 10.2 Å². The highest BCUT2D eigenvalue weighted by molar-refractivity contribution is 5.77. The average Bonchev–Trinajstić information content (AvgIpc) is 2.79. The summed E-state index contributed by atoms with van der Waals surface area (Å²) in [4.78, 5) is 13.9. The van der Waals surface area contributed by atoms with Crippen LogP contribution in [0.3, 0.4) is 0 Å². The van der Waals surface area contributed by atoms with Gasteiger partial charge in [-0.15, -0.1) is 0 Å². The van der Waals surface area contributed by atoms with E-state index < -0.39 is 0 Å². The first kappa shape index (κ1) is 12.2. The van der Waals surface area contributed by atoms with E-state index in [1.165, 1.54) is 12.8 Å². The van der Waals surface area contributed by atoms with Gasteiger partial charge in [-0.05, 0) is 37.4 Å². The maximum atomic E-state index is 11.7. The standard InChI is InChI=1S/C13H20N2O2/c1-11-4-2-6-15(9-11)10-13(16)14-8-12-5-3-7-17-12/h3,5,7,11H,2,4,6,8-10H2,1H3,(H,14,16)/t11-/m1/s1. The van der Waals surface area contributed by atoms with E-state index in [9.17, 15) is 4.79 Å². The van der Waals surface area contributed by atoms with E-state index in [1.54, 1.807) is 6.26 Å². The molecule has 1 saturated heterocycles. The molecule has 0 bridgehead atoms. The molecule has 4 heteroatoms. The third kappa shape index (κ3) is 3.89. The first-order valence-corrected chi connectivity index (χ1v) is 6.25. The van der Waals surface area contributed by atoms with E-state index in [0.29, 0.717) is 19.0 Å². The summed E-state index contributed by atoms with van der Waals surface area (Å²) in [6, 6.07) is 3.69. The molecule has 1 aromatic heterocycles. The molecule has 0 saturated carbocycles. The number of hydrogen-bond acceptors (Lipinski definition) is 3. The van der Waals surface area contributed by atoms with Crippen LogP contribution in [0.25, 0.3) is 0 Å². The topological polar surface area (TPSA) is 45.5 Å². The monoisotopic (exact) mass is 236 g/mol. The van der Waals surface area contributed by atoms with Crippen molar-refractivity contribution < 1.29 is 9.21 Å². The van der Waals surface area contributed by atoms with E-state index in [4.69, 9.17) is 4.42 Å². The van der Waals surface area contributed by atoms with Crippen LogP contribution in [0.15, 0.2) is 22.8 Å². The molecule has 1 aliphatic rings. The lowest BCUT2D eigenvalue weighted by atomic mass is 10.0. The van der Waals surface area contributed by atoms with Crippen LogP contribution in [0.4, 0.5) is 0 Å². The number of amides is 1. The predicted molar refractivity (Wildman–Crippen MR) is 65.4 cm³/mol. The van der Waals surface area contributed by atoms with Crippen molar-refractivity contribution in [3.63, 3.8) is 0 Å². The van der Waals surface area contributed by atoms with Crippen molar-refractivity contribution in [2.75, 3.05) is 19.6 Å². The zero-order valence-electron chi connectivity index (χ0n) is 10.3. The quantitative estimate of drug-likeness (QED) is 0.864. The van der Waals surface area contributed by atoms with Crippen LogP contribution < -0.4 is 5.32 Å². The van der Waals surface area contributed by atoms with Crippen molar-refractivity contribution in [2.24, 2.45) is 5.92 Å². The molecule has 4 nitrogen and oxygen atoms in total. The number of rotatable bonds is 4. The smallest absolute Gasteiger partial charge is 0.234 e. The molecule has 0 spiro atoms. The minimum Gasteiger partial charge on any atom is -0.467 e. The Labute approximate surface area is 102 Å². The normalized spacial score (nSPS) is 21.4. The Morgan fingerprint density at radius 1 is 1.65 bits per heavy atom. The fourth-order valence-electron chi connectivity index (χ4n) is 2.29. The maximum Gasteiger partial charge on any atom is 0.234 e. The summed E-state index contributed by atoms with van der Waals surface area (Å²) in [5, 5.41) is 2.87. The van der Waals surface area contributed by atoms with Gasteiger partial charge in [-0.25, -0.2) is 0 Å². The molecule has 17 heavy (non-hydrogen) atoms. The number of likely N-dealkylation sites (tertiary alicyclic amines) is 1. The summed E-state index contributed by atoms with van der Waals surface area (Å²) >= 11 is 0. The molecule has 2 rings (SSSR count). The Balaban J connectivity index is 1.70. The van der Waals surface area contributed by atoms with Gasteiger partial charge in [0, 0.05) is 6.54 Å². The van der Waals surface area contributed by atoms with E-state index >= 15 is 0 Å². The molecular formula is C13H20N2O2. The number of carbonyl (C=O) groups is 1. The molecule has 0 unspecified atom stereocenters. The van der Waals surface area contributed by atoms with Crippen molar-refractivity contribution in [2.45, 2.75) is 26.3 Å². The Hall–Kier alpha value is -1.29. The second kappa shape index (κ2) is 5.87. The summed E-state index contributed by atoms with van der Waals surface area (Å²) in [5.74, 6) is 1.59. The summed E-state index contributed by atoms with van der Waals surface area (Å²) in [5.41, 5.74) is 0. The fourth-order valence-corrected chi connectivity index (χ4v) is 2.29. The lowest BCUT2D eigenvalue weighted by molar-refractivity contribution is -0.122. The van der Waals surface area contributed by atoms with Gasteiger partial charge in [0.2, 0.25) is 5.91 Å². The van der Waals surface area contributed by atoms with E-state index in [1.807, 2.05) is 12.1 Å². The number of piperidine rings is 1. The molecular weight excluding hydrogens is 216 g/mol. The van der Waals surface area contributed by atoms with E-state index in [0.717, 1.165) is 18.8 Å². The van der Waals surface area contributed by atoms with Gasteiger partial charge in [-0.1, -0.05) is 6.92 Å². The highest BCUT2D eigenvalue weighted by Gasteiger charge is 2.18. The van der Waals surface area contributed by atoms with Crippen LogP contribution in [0.5, 0.6) is 0 Å². The summed E-state index contributed by atoms with van der Waals surface area (Å²) < 4.78 is 5.16. The van der Waals surface area contributed by atoms with Crippen LogP contribution in [-0.4, -0.2) is 30.4 Å². The molecule has 1 atom stereocenters. The Bertz CT molecular complexity index is 348. The minimum atomic E-state index is 0.0792. The van der Waals surface area contributed by atoms with Gasteiger partial charge >= 0.3 is 0 Å². The van der Waals surface area contributed by atoms with Gasteiger partial charge in [-0.3, -0.25) is 9.69 Å². The molecule has 0 radical (unpaired) electrons. The molecule has 94 valence electrons. The van der Waals surface area contributed by atoms with E-state index in [-0.39, 0.29) is 5.91 Å². The highest BCUT2D eigenvalue weighted by Crippen LogP contribution is 2.14.